The zero-order valence-corrected chi connectivity index (χ0v) is 11.5. The molecule has 20 heavy (non-hydrogen) atoms. The Morgan fingerprint density at radius 2 is 1.95 bits per heavy atom. The first-order chi connectivity index (χ1) is 9.47. The van der Waals surface area contributed by atoms with Gasteiger partial charge in [-0.2, -0.15) is 0 Å². The SMILES string of the molecule is CC(O)c1ccc(OCc2cc(F)ccc2Cl)c(F)c1. The molecule has 1 atom stereocenters. The summed E-state index contributed by atoms with van der Waals surface area (Å²) in [6, 6.07) is 8.09. The van der Waals surface area contributed by atoms with Crippen molar-refractivity contribution in [2.24, 2.45) is 0 Å². The maximum atomic E-state index is 13.7. The van der Waals surface area contributed by atoms with Gasteiger partial charge in [0.1, 0.15) is 12.4 Å². The van der Waals surface area contributed by atoms with Gasteiger partial charge < -0.3 is 9.84 Å². The second-order valence-corrected chi connectivity index (χ2v) is 4.80. The first-order valence-corrected chi connectivity index (χ1v) is 6.39. The molecule has 5 heteroatoms. The van der Waals surface area contributed by atoms with Gasteiger partial charge in [-0.1, -0.05) is 17.7 Å². The monoisotopic (exact) mass is 298 g/mol. The number of rotatable bonds is 4. The van der Waals surface area contributed by atoms with E-state index in [1.165, 1.54) is 30.3 Å². The Morgan fingerprint density at radius 1 is 1.20 bits per heavy atom. The van der Waals surface area contributed by atoms with E-state index in [1.807, 2.05) is 0 Å². The van der Waals surface area contributed by atoms with E-state index in [1.54, 1.807) is 13.0 Å². The Hall–Kier alpha value is -1.65. The van der Waals surface area contributed by atoms with Crippen LogP contribution in [0.4, 0.5) is 8.78 Å². The molecule has 1 N–H and O–H groups in total. The van der Waals surface area contributed by atoms with Crippen LogP contribution in [-0.2, 0) is 6.61 Å². The highest BCUT2D eigenvalue weighted by Crippen LogP contribution is 2.24. The lowest BCUT2D eigenvalue weighted by Gasteiger charge is -2.11. The van der Waals surface area contributed by atoms with E-state index in [4.69, 9.17) is 16.3 Å². The number of hydrogen-bond donors (Lipinski definition) is 1. The van der Waals surface area contributed by atoms with Gasteiger partial charge in [0, 0.05) is 10.6 Å². The van der Waals surface area contributed by atoms with Crippen LogP contribution in [-0.4, -0.2) is 5.11 Å². The van der Waals surface area contributed by atoms with Crippen molar-refractivity contribution in [1.29, 1.82) is 0 Å². The van der Waals surface area contributed by atoms with Gasteiger partial charge in [0.2, 0.25) is 0 Å². The van der Waals surface area contributed by atoms with E-state index >= 15 is 0 Å². The Labute approximate surface area is 120 Å². The van der Waals surface area contributed by atoms with Crippen LogP contribution >= 0.6 is 11.6 Å². The van der Waals surface area contributed by atoms with Crippen molar-refractivity contribution in [2.45, 2.75) is 19.6 Å². The third-order valence-electron chi connectivity index (χ3n) is 2.83. The van der Waals surface area contributed by atoms with Gasteiger partial charge in [-0.15, -0.1) is 0 Å². The summed E-state index contributed by atoms with van der Waals surface area (Å²) in [5.41, 5.74) is 0.893. The molecule has 0 aliphatic rings. The summed E-state index contributed by atoms with van der Waals surface area (Å²) in [6.07, 6.45) is -0.754. The summed E-state index contributed by atoms with van der Waals surface area (Å²) < 4.78 is 32.1. The minimum absolute atomic E-state index is 0.0229. The minimum atomic E-state index is -0.754. The molecule has 0 fully saturated rings. The molecule has 0 amide bonds. The fourth-order valence-electron chi connectivity index (χ4n) is 1.70. The van der Waals surface area contributed by atoms with Crippen molar-refractivity contribution in [3.05, 3.63) is 64.2 Å². The molecule has 0 spiro atoms. The summed E-state index contributed by atoms with van der Waals surface area (Å²) in [6.45, 7) is 1.50. The lowest BCUT2D eigenvalue weighted by Crippen LogP contribution is -2.00. The largest absolute Gasteiger partial charge is 0.486 e. The minimum Gasteiger partial charge on any atom is -0.486 e. The molecule has 0 heterocycles. The van der Waals surface area contributed by atoms with Crippen LogP contribution in [0.5, 0.6) is 5.75 Å². The first kappa shape index (κ1) is 14.8. The highest BCUT2D eigenvalue weighted by molar-refractivity contribution is 6.31. The van der Waals surface area contributed by atoms with Gasteiger partial charge in [0.15, 0.2) is 11.6 Å². The first-order valence-electron chi connectivity index (χ1n) is 6.01. The van der Waals surface area contributed by atoms with Crippen molar-refractivity contribution in [2.75, 3.05) is 0 Å². The molecular formula is C15H13ClF2O2. The predicted molar refractivity (Wildman–Crippen MR) is 72.8 cm³/mol. The molecule has 106 valence electrons. The summed E-state index contributed by atoms with van der Waals surface area (Å²) >= 11 is 5.90. The number of aliphatic hydroxyl groups is 1. The fourth-order valence-corrected chi connectivity index (χ4v) is 1.88. The van der Waals surface area contributed by atoms with Crippen LogP contribution in [0, 0.1) is 11.6 Å². The second kappa shape index (κ2) is 6.20. The summed E-state index contributed by atoms with van der Waals surface area (Å²) in [5.74, 6) is -0.997. The van der Waals surface area contributed by atoms with E-state index in [0.717, 1.165) is 0 Å². The zero-order chi connectivity index (χ0) is 14.7. The number of benzene rings is 2. The van der Waals surface area contributed by atoms with Gasteiger partial charge in [0.25, 0.3) is 0 Å². The summed E-state index contributed by atoms with van der Waals surface area (Å²) in [5, 5.41) is 9.70. The molecule has 0 radical (unpaired) electrons. The van der Waals surface area contributed by atoms with Crippen molar-refractivity contribution in [3.63, 3.8) is 0 Å². The molecule has 1 unspecified atom stereocenters. The summed E-state index contributed by atoms with van der Waals surface area (Å²) in [7, 11) is 0. The van der Waals surface area contributed by atoms with E-state index < -0.39 is 17.7 Å². The predicted octanol–water partition coefficient (Wildman–Crippen LogP) is 4.25. The maximum Gasteiger partial charge on any atom is 0.165 e. The van der Waals surface area contributed by atoms with Crippen LogP contribution in [0.15, 0.2) is 36.4 Å². The highest BCUT2D eigenvalue weighted by Gasteiger charge is 2.09. The Kier molecular flexibility index (Phi) is 4.57. The van der Waals surface area contributed by atoms with Gasteiger partial charge in [0.05, 0.1) is 6.10 Å². The molecule has 0 bridgehead atoms. The quantitative estimate of drug-likeness (QED) is 0.914. The Balaban J connectivity index is 2.13. The lowest BCUT2D eigenvalue weighted by molar-refractivity contribution is 0.198. The lowest BCUT2D eigenvalue weighted by atomic mass is 10.1. The maximum absolute atomic E-state index is 13.7. The molecule has 2 rings (SSSR count). The van der Waals surface area contributed by atoms with Crippen molar-refractivity contribution < 1.29 is 18.6 Å². The molecule has 0 aromatic heterocycles. The van der Waals surface area contributed by atoms with Crippen molar-refractivity contribution in [1.82, 2.24) is 0 Å². The van der Waals surface area contributed by atoms with E-state index in [-0.39, 0.29) is 12.4 Å². The second-order valence-electron chi connectivity index (χ2n) is 4.39. The Bertz CT molecular complexity index is 615. The molecule has 2 nitrogen and oxygen atoms in total. The number of ether oxygens (including phenoxy) is 1. The van der Waals surface area contributed by atoms with E-state index in [9.17, 15) is 13.9 Å². The van der Waals surface area contributed by atoms with E-state index in [0.29, 0.717) is 16.1 Å². The highest BCUT2D eigenvalue weighted by atomic mass is 35.5. The summed E-state index contributed by atoms with van der Waals surface area (Å²) in [4.78, 5) is 0. The third kappa shape index (κ3) is 3.46. The molecule has 2 aromatic rings. The van der Waals surface area contributed by atoms with Crippen LogP contribution in [0.2, 0.25) is 5.02 Å². The van der Waals surface area contributed by atoms with Crippen LogP contribution in [0.1, 0.15) is 24.2 Å². The molecular weight excluding hydrogens is 286 g/mol. The van der Waals surface area contributed by atoms with Crippen LogP contribution in [0.3, 0.4) is 0 Å². The zero-order valence-electron chi connectivity index (χ0n) is 10.7. The molecule has 0 aliphatic carbocycles. The fraction of sp³-hybridized carbons (Fsp3) is 0.200. The van der Waals surface area contributed by atoms with Crippen molar-refractivity contribution >= 4 is 11.6 Å². The van der Waals surface area contributed by atoms with E-state index in [2.05, 4.69) is 0 Å². The number of aliphatic hydroxyl groups excluding tert-OH is 1. The van der Waals surface area contributed by atoms with Crippen LogP contribution in [0.25, 0.3) is 0 Å². The van der Waals surface area contributed by atoms with Gasteiger partial charge in [-0.25, -0.2) is 8.78 Å². The van der Waals surface area contributed by atoms with Crippen molar-refractivity contribution in [3.8, 4) is 5.75 Å². The molecule has 0 saturated heterocycles. The van der Waals surface area contributed by atoms with Gasteiger partial charge in [-0.05, 0) is 42.8 Å². The smallest absolute Gasteiger partial charge is 0.165 e. The van der Waals surface area contributed by atoms with Crippen LogP contribution < -0.4 is 4.74 Å². The number of hydrogen-bond acceptors (Lipinski definition) is 2. The molecule has 0 aliphatic heterocycles. The average molecular weight is 299 g/mol. The standard InChI is InChI=1S/C15H13ClF2O2/c1-9(19)10-2-5-15(14(18)7-10)20-8-11-6-12(17)3-4-13(11)16/h2-7,9,19H,8H2,1H3. The topological polar surface area (TPSA) is 29.5 Å². The Morgan fingerprint density at radius 3 is 2.60 bits per heavy atom. The average Bonchev–Trinajstić information content (AvgIpc) is 2.40. The van der Waals surface area contributed by atoms with Gasteiger partial charge >= 0.3 is 0 Å². The normalized spacial score (nSPS) is 12.2. The number of halogens is 3. The molecule has 2 aromatic carbocycles. The third-order valence-corrected chi connectivity index (χ3v) is 3.20. The van der Waals surface area contributed by atoms with Gasteiger partial charge in [-0.3, -0.25) is 0 Å². The molecule has 0 saturated carbocycles.